The summed E-state index contributed by atoms with van der Waals surface area (Å²) < 4.78 is 6.96. The Hall–Kier alpha value is -1.96. The number of amides is 1. The van der Waals surface area contributed by atoms with Crippen molar-refractivity contribution in [3.63, 3.8) is 0 Å². The molecule has 0 unspecified atom stereocenters. The molecule has 2 atom stereocenters. The third kappa shape index (κ3) is 4.03. The highest BCUT2D eigenvalue weighted by molar-refractivity contribution is 5.76. The first-order valence-corrected chi connectivity index (χ1v) is 7.51. The Morgan fingerprint density at radius 1 is 1.50 bits per heavy atom. The van der Waals surface area contributed by atoms with Crippen molar-refractivity contribution >= 4 is 11.7 Å². The van der Waals surface area contributed by atoms with Crippen molar-refractivity contribution in [2.75, 3.05) is 7.11 Å². The first-order chi connectivity index (χ1) is 10.5. The Labute approximate surface area is 129 Å². The van der Waals surface area contributed by atoms with Crippen molar-refractivity contribution in [1.82, 2.24) is 14.9 Å². The summed E-state index contributed by atoms with van der Waals surface area (Å²) in [6.07, 6.45) is 6.49. The molecule has 0 aliphatic heterocycles. The monoisotopic (exact) mass is 310 g/mol. The summed E-state index contributed by atoms with van der Waals surface area (Å²) in [5.74, 6) is 0.0323. The molecule has 8 heteroatoms. The predicted octanol–water partition coefficient (Wildman–Crippen LogP) is 1.56. The van der Waals surface area contributed by atoms with Crippen molar-refractivity contribution < 1.29 is 14.5 Å². The van der Waals surface area contributed by atoms with Crippen LogP contribution in [0.15, 0.2) is 6.20 Å². The average Bonchev–Trinajstić information content (AvgIpc) is 2.70. The summed E-state index contributed by atoms with van der Waals surface area (Å²) >= 11 is 0. The third-order valence-electron chi connectivity index (χ3n) is 4.07. The summed E-state index contributed by atoms with van der Waals surface area (Å²) in [7, 11) is 1.67. The van der Waals surface area contributed by atoms with Gasteiger partial charge in [-0.2, -0.15) is 0 Å². The lowest BCUT2D eigenvalue weighted by atomic mass is 10.1. The molecule has 0 radical (unpaired) electrons. The number of rotatable bonds is 5. The van der Waals surface area contributed by atoms with E-state index in [9.17, 15) is 14.9 Å². The van der Waals surface area contributed by atoms with Crippen molar-refractivity contribution in [1.29, 1.82) is 0 Å². The van der Waals surface area contributed by atoms with Gasteiger partial charge >= 0.3 is 5.82 Å². The van der Waals surface area contributed by atoms with E-state index in [1.165, 1.54) is 10.8 Å². The molecule has 1 fully saturated rings. The van der Waals surface area contributed by atoms with Crippen molar-refractivity contribution in [2.45, 2.75) is 57.7 Å². The second kappa shape index (κ2) is 7.35. The van der Waals surface area contributed by atoms with Gasteiger partial charge in [0, 0.05) is 14.0 Å². The van der Waals surface area contributed by atoms with Gasteiger partial charge < -0.3 is 20.2 Å². The van der Waals surface area contributed by atoms with E-state index in [1.54, 1.807) is 14.0 Å². The molecular weight excluding hydrogens is 288 g/mol. The summed E-state index contributed by atoms with van der Waals surface area (Å²) in [6.45, 7) is 1.67. The number of aromatic nitrogens is 2. The van der Waals surface area contributed by atoms with E-state index in [-0.39, 0.29) is 30.4 Å². The average molecular weight is 310 g/mol. The number of methoxy groups -OCH3 is 1. The number of hydrogen-bond donors (Lipinski definition) is 1. The van der Waals surface area contributed by atoms with Gasteiger partial charge in [0.25, 0.3) is 0 Å². The molecule has 22 heavy (non-hydrogen) atoms. The van der Waals surface area contributed by atoms with Crippen LogP contribution in [0.4, 0.5) is 5.82 Å². The molecule has 1 N–H and O–H groups in total. The molecule has 0 spiro atoms. The largest absolute Gasteiger partial charge is 0.381 e. The van der Waals surface area contributed by atoms with E-state index in [0.29, 0.717) is 5.82 Å². The fourth-order valence-corrected chi connectivity index (χ4v) is 2.87. The fraction of sp³-hybridized carbons (Fsp3) is 0.714. The minimum absolute atomic E-state index is 0.00110. The van der Waals surface area contributed by atoms with Crippen LogP contribution in [0.2, 0.25) is 0 Å². The van der Waals surface area contributed by atoms with E-state index in [1.807, 2.05) is 0 Å². The maximum atomic E-state index is 12.2. The molecule has 0 aromatic carbocycles. The van der Waals surface area contributed by atoms with Gasteiger partial charge in [0.05, 0.1) is 12.1 Å². The van der Waals surface area contributed by atoms with Crippen LogP contribution in [0.25, 0.3) is 0 Å². The summed E-state index contributed by atoms with van der Waals surface area (Å²) in [6, 6.07) is -0.00110. The smallest absolute Gasteiger partial charge is 0.379 e. The fourth-order valence-electron chi connectivity index (χ4n) is 2.87. The van der Waals surface area contributed by atoms with Crippen LogP contribution in [0.1, 0.15) is 37.9 Å². The topological polar surface area (TPSA) is 99.3 Å². The highest BCUT2D eigenvalue weighted by Gasteiger charge is 2.25. The van der Waals surface area contributed by atoms with E-state index < -0.39 is 4.92 Å². The number of imidazole rings is 1. The number of hydrogen-bond acceptors (Lipinski definition) is 5. The number of carbonyl (C=O) groups excluding carboxylic acids is 1. The number of aryl methyl sites for hydroxylation is 1. The number of nitrogens with one attached hydrogen (secondary N) is 1. The molecule has 1 heterocycles. The van der Waals surface area contributed by atoms with Gasteiger partial charge in [-0.25, -0.2) is 0 Å². The molecule has 1 saturated carbocycles. The number of ether oxygens (including phenoxy) is 1. The van der Waals surface area contributed by atoms with Gasteiger partial charge in [-0.15, -0.1) is 0 Å². The second-order valence-electron chi connectivity index (χ2n) is 5.62. The zero-order chi connectivity index (χ0) is 16.1. The van der Waals surface area contributed by atoms with Gasteiger partial charge in [-0.1, -0.05) is 19.3 Å². The standard InChI is InChI=1S/C14H22N4O4/c1-10-15-13(18(20)21)8-17(10)9-14(19)16-11-6-4-3-5-7-12(11)22-2/h8,11-12H,3-7,9H2,1-2H3,(H,16,19)/t11-,12+/m1/s1. The minimum atomic E-state index is -0.562. The molecule has 1 aromatic heterocycles. The Balaban J connectivity index is 1.98. The molecule has 122 valence electrons. The Morgan fingerprint density at radius 2 is 2.23 bits per heavy atom. The summed E-state index contributed by atoms with van der Waals surface area (Å²) in [4.78, 5) is 26.2. The van der Waals surface area contributed by atoms with Crippen LogP contribution in [-0.4, -0.2) is 39.6 Å². The van der Waals surface area contributed by atoms with Gasteiger partial charge in [-0.05, 0) is 22.7 Å². The molecule has 1 aliphatic rings. The van der Waals surface area contributed by atoms with Crippen LogP contribution >= 0.6 is 0 Å². The minimum Gasteiger partial charge on any atom is -0.379 e. The third-order valence-corrected chi connectivity index (χ3v) is 4.07. The highest BCUT2D eigenvalue weighted by atomic mass is 16.6. The molecule has 1 aromatic rings. The van der Waals surface area contributed by atoms with Crippen molar-refractivity contribution in [3.05, 3.63) is 22.1 Å². The second-order valence-corrected chi connectivity index (χ2v) is 5.62. The van der Waals surface area contributed by atoms with Crippen LogP contribution < -0.4 is 5.32 Å². The first kappa shape index (κ1) is 16.4. The first-order valence-electron chi connectivity index (χ1n) is 7.51. The Kier molecular flexibility index (Phi) is 5.48. The van der Waals surface area contributed by atoms with Crippen molar-refractivity contribution in [2.24, 2.45) is 0 Å². The zero-order valence-corrected chi connectivity index (χ0v) is 12.9. The Morgan fingerprint density at radius 3 is 2.86 bits per heavy atom. The van der Waals surface area contributed by atoms with Gasteiger partial charge in [-0.3, -0.25) is 9.36 Å². The molecule has 0 bridgehead atoms. The highest BCUT2D eigenvalue weighted by Crippen LogP contribution is 2.20. The SMILES string of the molecule is CO[C@H]1CCCCC[C@H]1NC(=O)Cn1cc([N+](=O)[O-])nc1C. The van der Waals surface area contributed by atoms with E-state index in [0.717, 1.165) is 32.1 Å². The number of nitro groups is 1. The molecule has 1 amide bonds. The normalized spacial score (nSPS) is 22.1. The van der Waals surface area contributed by atoms with Gasteiger partial charge in [0.2, 0.25) is 11.7 Å². The molecule has 2 rings (SSSR count). The van der Waals surface area contributed by atoms with Crippen LogP contribution in [0, 0.1) is 17.0 Å². The van der Waals surface area contributed by atoms with E-state index >= 15 is 0 Å². The van der Waals surface area contributed by atoms with Crippen molar-refractivity contribution in [3.8, 4) is 0 Å². The molecular formula is C14H22N4O4. The van der Waals surface area contributed by atoms with Crippen LogP contribution in [0.5, 0.6) is 0 Å². The Bertz CT molecular complexity index is 543. The number of carbonyl (C=O) groups is 1. The maximum absolute atomic E-state index is 12.2. The summed E-state index contributed by atoms with van der Waals surface area (Å²) in [5, 5.41) is 13.7. The molecule has 0 saturated heterocycles. The van der Waals surface area contributed by atoms with Crippen LogP contribution in [-0.2, 0) is 16.1 Å². The lowest BCUT2D eigenvalue weighted by Gasteiger charge is -2.25. The van der Waals surface area contributed by atoms with Gasteiger partial charge in [0.15, 0.2) is 0 Å². The molecule has 1 aliphatic carbocycles. The van der Waals surface area contributed by atoms with Gasteiger partial charge in [0.1, 0.15) is 12.7 Å². The lowest BCUT2D eigenvalue weighted by Crippen LogP contribution is -2.44. The lowest BCUT2D eigenvalue weighted by molar-refractivity contribution is -0.389. The molecule has 8 nitrogen and oxygen atoms in total. The zero-order valence-electron chi connectivity index (χ0n) is 12.9. The maximum Gasteiger partial charge on any atom is 0.381 e. The van der Waals surface area contributed by atoms with Crippen LogP contribution in [0.3, 0.4) is 0 Å². The number of nitrogens with zero attached hydrogens (tertiary/aromatic N) is 3. The predicted molar refractivity (Wildman–Crippen MR) is 79.4 cm³/mol. The van der Waals surface area contributed by atoms with E-state index in [2.05, 4.69) is 10.3 Å². The van der Waals surface area contributed by atoms with E-state index in [4.69, 9.17) is 4.74 Å². The quantitative estimate of drug-likeness (QED) is 0.505. The summed E-state index contributed by atoms with van der Waals surface area (Å²) in [5.41, 5.74) is 0.